The second-order valence-corrected chi connectivity index (χ2v) is 5.32. The van der Waals surface area contributed by atoms with Gasteiger partial charge in [-0.05, 0) is 45.3 Å². The molecule has 1 N–H and O–H groups in total. The van der Waals surface area contributed by atoms with Crippen LogP contribution in [0.4, 0.5) is 0 Å². The maximum absolute atomic E-state index is 5.50. The van der Waals surface area contributed by atoms with Crippen LogP contribution < -0.4 is 5.32 Å². The van der Waals surface area contributed by atoms with Gasteiger partial charge in [0, 0.05) is 12.5 Å². The summed E-state index contributed by atoms with van der Waals surface area (Å²) in [4.78, 5) is 7.08. The Bertz CT molecular complexity index is 386. The van der Waals surface area contributed by atoms with E-state index in [2.05, 4.69) is 27.3 Å². The normalized spacial score (nSPS) is 29.8. The van der Waals surface area contributed by atoms with Crippen molar-refractivity contribution in [2.45, 2.75) is 44.6 Å². The maximum Gasteiger partial charge on any atom is 0.244 e. The van der Waals surface area contributed by atoms with Crippen LogP contribution in [0.2, 0.25) is 0 Å². The minimum Gasteiger partial charge on any atom is -0.338 e. The second-order valence-electron chi connectivity index (χ2n) is 5.32. The Balaban J connectivity index is 1.72. The van der Waals surface area contributed by atoms with E-state index in [1.165, 1.54) is 19.3 Å². The van der Waals surface area contributed by atoms with E-state index in [-0.39, 0.29) is 0 Å². The average Bonchev–Trinajstić information content (AvgIpc) is 3.08. The van der Waals surface area contributed by atoms with Crippen molar-refractivity contribution >= 4 is 0 Å². The summed E-state index contributed by atoms with van der Waals surface area (Å²) >= 11 is 0. The number of nitrogens with zero attached hydrogens (tertiary/aromatic N) is 3. The fourth-order valence-corrected chi connectivity index (χ4v) is 3.10. The SMILES string of the molecule is CCN1CCCC1c1nc(C2CCCNC2)no1. The van der Waals surface area contributed by atoms with Crippen molar-refractivity contribution in [3.8, 4) is 0 Å². The molecule has 2 aliphatic heterocycles. The van der Waals surface area contributed by atoms with Gasteiger partial charge in [0.15, 0.2) is 5.82 Å². The van der Waals surface area contributed by atoms with E-state index in [1.807, 2.05) is 0 Å². The summed E-state index contributed by atoms with van der Waals surface area (Å²) in [5.74, 6) is 2.17. The van der Waals surface area contributed by atoms with Gasteiger partial charge >= 0.3 is 0 Å². The largest absolute Gasteiger partial charge is 0.338 e. The van der Waals surface area contributed by atoms with Crippen molar-refractivity contribution in [1.82, 2.24) is 20.4 Å². The molecule has 0 spiro atoms. The van der Waals surface area contributed by atoms with E-state index in [0.29, 0.717) is 12.0 Å². The van der Waals surface area contributed by atoms with Crippen LogP contribution in [0, 0.1) is 0 Å². The van der Waals surface area contributed by atoms with Gasteiger partial charge in [0.05, 0.1) is 6.04 Å². The van der Waals surface area contributed by atoms with Gasteiger partial charge in [-0.25, -0.2) is 0 Å². The van der Waals surface area contributed by atoms with Crippen LogP contribution in [0.1, 0.15) is 56.3 Å². The molecule has 3 heterocycles. The molecule has 1 aromatic heterocycles. The standard InChI is InChI=1S/C13H22N4O/c1-2-17-8-4-6-11(17)13-15-12(16-18-13)10-5-3-7-14-9-10/h10-11,14H,2-9H2,1H3. The lowest BCUT2D eigenvalue weighted by Gasteiger charge is -2.20. The highest BCUT2D eigenvalue weighted by Gasteiger charge is 2.30. The van der Waals surface area contributed by atoms with Gasteiger partial charge < -0.3 is 9.84 Å². The van der Waals surface area contributed by atoms with Gasteiger partial charge in [-0.15, -0.1) is 0 Å². The molecule has 3 rings (SSSR count). The molecule has 0 saturated carbocycles. The Labute approximate surface area is 108 Å². The Hall–Kier alpha value is -0.940. The monoisotopic (exact) mass is 250 g/mol. The second kappa shape index (κ2) is 5.36. The molecular weight excluding hydrogens is 228 g/mol. The van der Waals surface area contributed by atoms with E-state index in [9.17, 15) is 0 Å². The van der Waals surface area contributed by atoms with Gasteiger partial charge in [-0.3, -0.25) is 4.90 Å². The lowest BCUT2D eigenvalue weighted by Crippen LogP contribution is -2.29. The molecule has 0 aromatic carbocycles. The number of nitrogens with one attached hydrogen (secondary N) is 1. The first-order valence-corrected chi connectivity index (χ1v) is 7.16. The van der Waals surface area contributed by atoms with E-state index in [1.54, 1.807) is 0 Å². The summed E-state index contributed by atoms with van der Waals surface area (Å²) < 4.78 is 5.50. The number of piperidine rings is 1. The molecule has 5 heteroatoms. The van der Waals surface area contributed by atoms with Crippen LogP contribution in [-0.4, -0.2) is 41.2 Å². The number of hydrogen-bond acceptors (Lipinski definition) is 5. The van der Waals surface area contributed by atoms with Crippen LogP contribution in [0.3, 0.4) is 0 Å². The fourth-order valence-electron chi connectivity index (χ4n) is 3.10. The quantitative estimate of drug-likeness (QED) is 0.884. The molecule has 2 atom stereocenters. The van der Waals surface area contributed by atoms with Gasteiger partial charge in [-0.2, -0.15) is 4.98 Å². The minimum absolute atomic E-state index is 0.354. The molecule has 2 saturated heterocycles. The number of hydrogen-bond donors (Lipinski definition) is 1. The van der Waals surface area contributed by atoms with Gasteiger partial charge in [-0.1, -0.05) is 12.1 Å². The van der Waals surface area contributed by atoms with Gasteiger partial charge in [0.25, 0.3) is 0 Å². The molecule has 0 amide bonds. The van der Waals surface area contributed by atoms with Crippen LogP contribution in [0.15, 0.2) is 4.52 Å². The third-order valence-corrected chi connectivity index (χ3v) is 4.17. The zero-order valence-corrected chi connectivity index (χ0v) is 11.1. The molecule has 2 fully saturated rings. The summed E-state index contributed by atoms with van der Waals surface area (Å²) in [6, 6.07) is 0.354. The first-order chi connectivity index (χ1) is 8.88. The number of likely N-dealkylation sites (tertiary alicyclic amines) is 1. The Kier molecular flexibility index (Phi) is 3.61. The van der Waals surface area contributed by atoms with E-state index >= 15 is 0 Å². The summed E-state index contributed by atoms with van der Waals surface area (Å²) in [5, 5.41) is 7.60. The first-order valence-electron chi connectivity index (χ1n) is 7.16. The minimum atomic E-state index is 0.354. The molecule has 18 heavy (non-hydrogen) atoms. The van der Waals surface area contributed by atoms with Crippen molar-refractivity contribution in [2.24, 2.45) is 0 Å². The van der Waals surface area contributed by atoms with Crippen molar-refractivity contribution < 1.29 is 4.52 Å². The van der Waals surface area contributed by atoms with Crippen molar-refractivity contribution in [3.63, 3.8) is 0 Å². The summed E-state index contributed by atoms with van der Waals surface area (Å²) in [5.41, 5.74) is 0. The lowest BCUT2D eigenvalue weighted by atomic mass is 9.99. The van der Waals surface area contributed by atoms with Gasteiger partial charge in [0.1, 0.15) is 0 Å². The number of aromatic nitrogens is 2. The first kappa shape index (κ1) is 12.1. The third kappa shape index (κ3) is 2.29. The highest BCUT2D eigenvalue weighted by molar-refractivity contribution is 5.02. The van der Waals surface area contributed by atoms with Gasteiger partial charge in [0.2, 0.25) is 5.89 Å². The fraction of sp³-hybridized carbons (Fsp3) is 0.846. The third-order valence-electron chi connectivity index (χ3n) is 4.17. The van der Waals surface area contributed by atoms with Crippen molar-refractivity contribution in [2.75, 3.05) is 26.2 Å². The predicted molar refractivity (Wildman–Crippen MR) is 68.4 cm³/mol. The molecule has 5 nitrogen and oxygen atoms in total. The molecule has 2 unspecified atom stereocenters. The van der Waals surface area contributed by atoms with E-state index in [0.717, 1.165) is 44.3 Å². The van der Waals surface area contributed by atoms with E-state index in [4.69, 9.17) is 4.52 Å². The Morgan fingerprint density at radius 2 is 2.33 bits per heavy atom. The molecular formula is C13H22N4O. The van der Waals surface area contributed by atoms with Crippen LogP contribution in [-0.2, 0) is 0 Å². The highest BCUT2D eigenvalue weighted by Crippen LogP contribution is 2.31. The van der Waals surface area contributed by atoms with Crippen LogP contribution in [0.5, 0.6) is 0 Å². The van der Waals surface area contributed by atoms with Crippen molar-refractivity contribution in [1.29, 1.82) is 0 Å². The summed E-state index contributed by atoms with van der Waals surface area (Å²) in [7, 11) is 0. The smallest absolute Gasteiger partial charge is 0.244 e. The molecule has 0 bridgehead atoms. The van der Waals surface area contributed by atoms with Crippen LogP contribution >= 0.6 is 0 Å². The molecule has 2 aliphatic rings. The molecule has 0 radical (unpaired) electrons. The highest BCUT2D eigenvalue weighted by atomic mass is 16.5. The van der Waals surface area contributed by atoms with E-state index < -0.39 is 0 Å². The Morgan fingerprint density at radius 3 is 3.11 bits per heavy atom. The number of rotatable bonds is 3. The molecule has 0 aliphatic carbocycles. The summed E-state index contributed by atoms with van der Waals surface area (Å²) in [6.07, 6.45) is 4.77. The lowest BCUT2D eigenvalue weighted by molar-refractivity contribution is 0.216. The zero-order chi connectivity index (χ0) is 12.4. The summed E-state index contributed by atoms with van der Waals surface area (Å²) in [6.45, 7) is 6.52. The topological polar surface area (TPSA) is 54.2 Å². The molecule has 100 valence electrons. The zero-order valence-electron chi connectivity index (χ0n) is 11.1. The maximum atomic E-state index is 5.50. The van der Waals surface area contributed by atoms with Crippen LogP contribution in [0.25, 0.3) is 0 Å². The average molecular weight is 250 g/mol. The Morgan fingerprint density at radius 1 is 1.39 bits per heavy atom. The molecule has 1 aromatic rings. The van der Waals surface area contributed by atoms with Crippen molar-refractivity contribution in [3.05, 3.63) is 11.7 Å². The predicted octanol–water partition coefficient (Wildman–Crippen LogP) is 1.69.